The SMILES string of the molecule is Cc1nc(C(C)(C)NC(=O)OC(C)(C)C)cnc1Br. The highest BCUT2D eigenvalue weighted by atomic mass is 79.9. The summed E-state index contributed by atoms with van der Waals surface area (Å²) in [4.78, 5) is 20.4. The average molecular weight is 330 g/mol. The van der Waals surface area contributed by atoms with Crippen molar-refractivity contribution in [1.29, 1.82) is 0 Å². The van der Waals surface area contributed by atoms with Gasteiger partial charge in [-0.05, 0) is 57.5 Å². The molecule has 0 saturated carbocycles. The van der Waals surface area contributed by atoms with Crippen molar-refractivity contribution in [3.05, 3.63) is 22.2 Å². The summed E-state index contributed by atoms with van der Waals surface area (Å²) in [6.45, 7) is 11.0. The topological polar surface area (TPSA) is 64.1 Å². The van der Waals surface area contributed by atoms with Gasteiger partial charge in [0, 0.05) is 0 Å². The van der Waals surface area contributed by atoms with Crippen molar-refractivity contribution >= 4 is 22.0 Å². The van der Waals surface area contributed by atoms with E-state index in [-0.39, 0.29) is 0 Å². The lowest BCUT2D eigenvalue weighted by Gasteiger charge is -2.28. The summed E-state index contributed by atoms with van der Waals surface area (Å²) in [5.41, 5.74) is 0.276. The smallest absolute Gasteiger partial charge is 0.408 e. The fourth-order valence-electron chi connectivity index (χ4n) is 1.39. The molecule has 0 atom stereocenters. The molecule has 1 rings (SSSR count). The van der Waals surface area contributed by atoms with Gasteiger partial charge in [0.15, 0.2) is 0 Å². The van der Waals surface area contributed by atoms with Gasteiger partial charge in [-0.25, -0.2) is 9.78 Å². The number of ether oxygens (including phenoxy) is 1. The van der Waals surface area contributed by atoms with Crippen molar-refractivity contribution in [2.24, 2.45) is 0 Å². The summed E-state index contributed by atoms with van der Waals surface area (Å²) in [6, 6.07) is 0. The molecule has 0 aliphatic heterocycles. The molecule has 1 heterocycles. The van der Waals surface area contributed by atoms with E-state index in [1.54, 1.807) is 6.20 Å². The predicted molar refractivity (Wildman–Crippen MR) is 76.9 cm³/mol. The van der Waals surface area contributed by atoms with Crippen LogP contribution in [0, 0.1) is 6.92 Å². The Bertz CT molecular complexity index is 481. The van der Waals surface area contributed by atoms with E-state index >= 15 is 0 Å². The lowest BCUT2D eigenvalue weighted by Crippen LogP contribution is -2.44. The number of hydrogen-bond acceptors (Lipinski definition) is 4. The lowest BCUT2D eigenvalue weighted by atomic mass is 10.0. The second-order valence-electron chi connectivity index (χ2n) is 5.88. The summed E-state index contributed by atoms with van der Waals surface area (Å²) in [7, 11) is 0. The lowest BCUT2D eigenvalue weighted by molar-refractivity contribution is 0.0468. The highest BCUT2D eigenvalue weighted by Gasteiger charge is 2.28. The van der Waals surface area contributed by atoms with Crippen molar-refractivity contribution in [3.8, 4) is 0 Å². The van der Waals surface area contributed by atoms with Crippen molar-refractivity contribution in [2.75, 3.05) is 0 Å². The number of amides is 1. The number of alkyl carbamates (subject to hydrolysis) is 1. The third kappa shape index (κ3) is 4.78. The van der Waals surface area contributed by atoms with E-state index in [1.165, 1.54) is 0 Å². The second-order valence-corrected chi connectivity index (χ2v) is 6.63. The molecule has 0 aromatic carbocycles. The first-order valence-corrected chi connectivity index (χ1v) is 6.81. The monoisotopic (exact) mass is 329 g/mol. The third-order valence-electron chi connectivity index (χ3n) is 2.34. The minimum Gasteiger partial charge on any atom is -0.444 e. The van der Waals surface area contributed by atoms with Crippen LogP contribution in [0.2, 0.25) is 0 Å². The summed E-state index contributed by atoms with van der Waals surface area (Å²) >= 11 is 3.30. The molecule has 0 aliphatic rings. The Hall–Kier alpha value is -1.17. The maximum atomic E-state index is 11.8. The van der Waals surface area contributed by atoms with Gasteiger partial charge >= 0.3 is 6.09 Å². The quantitative estimate of drug-likeness (QED) is 0.904. The van der Waals surface area contributed by atoms with Gasteiger partial charge in [-0.1, -0.05) is 0 Å². The first-order chi connectivity index (χ1) is 8.51. The Labute approximate surface area is 122 Å². The maximum absolute atomic E-state index is 11.8. The number of nitrogens with one attached hydrogen (secondary N) is 1. The Kier molecular flexibility index (Phi) is 4.55. The number of rotatable bonds is 2. The Morgan fingerprint density at radius 2 is 1.89 bits per heavy atom. The Morgan fingerprint density at radius 3 is 2.37 bits per heavy atom. The zero-order valence-corrected chi connectivity index (χ0v) is 13.8. The van der Waals surface area contributed by atoms with Crippen LogP contribution in [0.3, 0.4) is 0 Å². The number of carbonyl (C=O) groups excluding carboxylic acids is 1. The minimum atomic E-state index is -0.652. The molecule has 0 aliphatic carbocycles. The molecule has 19 heavy (non-hydrogen) atoms. The van der Waals surface area contributed by atoms with Gasteiger partial charge in [-0.3, -0.25) is 4.98 Å². The molecular weight excluding hydrogens is 310 g/mol. The van der Waals surface area contributed by atoms with Crippen LogP contribution in [-0.4, -0.2) is 21.7 Å². The Morgan fingerprint density at radius 1 is 1.32 bits per heavy atom. The fraction of sp³-hybridized carbons (Fsp3) is 0.615. The van der Waals surface area contributed by atoms with Gasteiger partial charge in [0.25, 0.3) is 0 Å². The van der Waals surface area contributed by atoms with Gasteiger partial charge in [0.1, 0.15) is 10.2 Å². The third-order valence-corrected chi connectivity index (χ3v) is 3.12. The van der Waals surface area contributed by atoms with Crippen LogP contribution in [-0.2, 0) is 10.3 Å². The number of aryl methyl sites for hydroxylation is 1. The first kappa shape index (κ1) is 15.9. The van der Waals surface area contributed by atoms with Gasteiger partial charge < -0.3 is 10.1 Å². The Balaban J connectivity index is 2.86. The van der Waals surface area contributed by atoms with Crippen LogP contribution in [0.25, 0.3) is 0 Å². The van der Waals surface area contributed by atoms with Crippen LogP contribution >= 0.6 is 15.9 Å². The van der Waals surface area contributed by atoms with Gasteiger partial charge in [-0.15, -0.1) is 0 Å². The molecule has 1 amide bonds. The summed E-state index contributed by atoms with van der Waals surface area (Å²) in [5.74, 6) is 0. The molecule has 1 N–H and O–H groups in total. The van der Waals surface area contributed by atoms with Crippen LogP contribution in [0.1, 0.15) is 46.0 Å². The van der Waals surface area contributed by atoms with Crippen molar-refractivity contribution in [1.82, 2.24) is 15.3 Å². The highest BCUT2D eigenvalue weighted by Crippen LogP contribution is 2.20. The molecule has 106 valence electrons. The summed E-state index contributed by atoms with van der Waals surface area (Å²) in [6.07, 6.45) is 1.16. The van der Waals surface area contributed by atoms with Crippen LogP contribution in [0.4, 0.5) is 4.79 Å². The van der Waals surface area contributed by atoms with Crippen molar-refractivity contribution < 1.29 is 9.53 Å². The van der Waals surface area contributed by atoms with Crippen LogP contribution in [0.15, 0.2) is 10.8 Å². The molecule has 5 nitrogen and oxygen atoms in total. The first-order valence-electron chi connectivity index (χ1n) is 6.02. The van der Waals surface area contributed by atoms with Crippen LogP contribution < -0.4 is 5.32 Å². The van der Waals surface area contributed by atoms with E-state index in [0.29, 0.717) is 10.3 Å². The molecular formula is C13H20BrN3O2. The number of halogens is 1. The van der Waals surface area contributed by atoms with E-state index in [2.05, 4.69) is 31.2 Å². The molecule has 0 saturated heterocycles. The van der Waals surface area contributed by atoms with E-state index in [9.17, 15) is 4.79 Å². The van der Waals surface area contributed by atoms with E-state index in [4.69, 9.17) is 4.74 Å². The molecule has 0 fully saturated rings. The zero-order valence-electron chi connectivity index (χ0n) is 12.2. The fourth-order valence-corrected chi connectivity index (χ4v) is 1.58. The molecule has 6 heteroatoms. The number of aromatic nitrogens is 2. The molecule has 1 aromatic rings. The van der Waals surface area contributed by atoms with Crippen LogP contribution in [0.5, 0.6) is 0 Å². The molecule has 0 radical (unpaired) electrons. The summed E-state index contributed by atoms with van der Waals surface area (Å²) < 4.78 is 5.94. The standard InChI is InChI=1S/C13H20BrN3O2/c1-8-10(14)15-7-9(16-8)13(5,6)17-11(18)19-12(2,3)4/h7H,1-6H3,(H,17,18). The van der Waals surface area contributed by atoms with Gasteiger partial charge in [-0.2, -0.15) is 0 Å². The highest BCUT2D eigenvalue weighted by molar-refractivity contribution is 9.10. The molecule has 0 spiro atoms. The molecule has 0 unspecified atom stereocenters. The minimum absolute atomic E-state index is 0.472. The van der Waals surface area contributed by atoms with Crippen molar-refractivity contribution in [2.45, 2.75) is 52.7 Å². The normalized spacial score (nSPS) is 12.2. The van der Waals surface area contributed by atoms with E-state index in [0.717, 1.165) is 5.69 Å². The predicted octanol–water partition coefficient (Wildman–Crippen LogP) is 3.31. The average Bonchev–Trinajstić information content (AvgIpc) is 2.17. The number of hydrogen-bond donors (Lipinski definition) is 1. The zero-order chi connectivity index (χ0) is 14.8. The van der Waals surface area contributed by atoms with E-state index in [1.807, 2.05) is 41.5 Å². The molecule has 1 aromatic heterocycles. The second kappa shape index (κ2) is 5.45. The summed E-state index contributed by atoms with van der Waals surface area (Å²) in [5, 5.41) is 2.80. The number of nitrogens with zero attached hydrogens (tertiary/aromatic N) is 2. The van der Waals surface area contributed by atoms with Gasteiger partial charge in [0.05, 0.1) is 23.1 Å². The maximum Gasteiger partial charge on any atom is 0.408 e. The van der Waals surface area contributed by atoms with Gasteiger partial charge in [0.2, 0.25) is 0 Å². The largest absolute Gasteiger partial charge is 0.444 e. The molecule has 0 bridgehead atoms. The number of carbonyl (C=O) groups is 1. The van der Waals surface area contributed by atoms with E-state index < -0.39 is 17.2 Å². The van der Waals surface area contributed by atoms with Crippen molar-refractivity contribution in [3.63, 3.8) is 0 Å².